The number of aryl methyl sites for hydroxylation is 2. The van der Waals surface area contributed by atoms with Crippen LogP contribution >= 0.6 is 0 Å². The predicted molar refractivity (Wildman–Crippen MR) is 81.5 cm³/mol. The van der Waals surface area contributed by atoms with E-state index in [1.807, 2.05) is 0 Å². The van der Waals surface area contributed by atoms with Gasteiger partial charge in [-0.2, -0.15) is 0 Å². The van der Waals surface area contributed by atoms with Gasteiger partial charge in [-0.25, -0.2) is 13.2 Å². The molecule has 1 aliphatic carbocycles. The zero-order valence-corrected chi connectivity index (χ0v) is 13.5. The highest BCUT2D eigenvalue weighted by Crippen LogP contribution is 2.33. The standard InChI is InChI=1S/C16H22O4S/c1-10-5-4-6-13(7-10)21(19,20)15-9-14(16(17)18)11(2)8-12(15)3/h8-10,13H,4-7H2,1-3H3,(H,17,18). The molecule has 1 saturated carbocycles. The summed E-state index contributed by atoms with van der Waals surface area (Å²) in [4.78, 5) is 11.4. The summed E-state index contributed by atoms with van der Waals surface area (Å²) >= 11 is 0. The van der Waals surface area contributed by atoms with E-state index in [2.05, 4.69) is 6.92 Å². The van der Waals surface area contributed by atoms with Gasteiger partial charge in [-0.1, -0.05) is 25.8 Å². The third-order valence-electron chi connectivity index (χ3n) is 4.39. The zero-order valence-electron chi connectivity index (χ0n) is 12.7. The molecule has 1 aliphatic rings. The molecule has 2 rings (SSSR count). The highest BCUT2D eigenvalue weighted by Gasteiger charge is 2.33. The second-order valence-electron chi connectivity index (χ2n) is 6.18. The van der Waals surface area contributed by atoms with Gasteiger partial charge in [0.25, 0.3) is 0 Å². The number of sulfone groups is 1. The largest absolute Gasteiger partial charge is 0.478 e. The van der Waals surface area contributed by atoms with E-state index in [1.54, 1.807) is 19.9 Å². The first-order valence-corrected chi connectivity index (χ1v) is 8.86. The lowest BCUT2D eigenvalue weighted by Gasteiger charge is -2.27. The Morgan fingerprint density at radius 3 is 2.43 bits per heavy atom. The number of aromatic carboxylic acids is 1. The van der Waals surface area contributed by atoms with E-state index >= 15 is 0 Å². The van der Waals surface area contributed by atoms with E-state index in [9.17, 15) is 18.3 Å². The van der Waals surface area contributed by atoms with Crippen molar-refractivity contribution in [2.24, 2.45) is 5.92 Å². The van der Waals surface area contributed by atoms with Crippen molar-refractivity contribution in [3.05, 3.63) is 28.8 Å². The van der Waals surface area contributed by atoms with Crippen LogP contribution in [-0.4, -0.2) is 24.7 Å². The summed E-state index contributed by atoms with van der Waals surface area (Å²) in [5.74, 6) is -0.677. The van der Waals surface area contributed by atoms with Crippen LogP contribution in [0.15, 0.2) is 17.0 Å². The van der Waals surface area contributed by atoms with Gasteiger partial charge in [-0.15, -0.1) is 0 Å². The lowest BCUT2D eigenvalue weighted by Crippen LogP contribution is -2.28. The van der Waals surface area contributed by atoms with Crippen LogP contribution in [0.3, 0.4) is 0 Å². The Kier molecular flexibility index (Phi) is 4.42. The van der Waals surface area contributed by atoms with Crippen molar-refractivity contribution < 1.29 is 18.3 Å². The molecule has 1 aromatic rings. The van der Waals surface area contributed by atoms with Crippen LogP contribution in [-0.2, 0) is 9.84 Å². The summed E-state index contributed by atoms with van der Waals surface area (Å²) in [6.07, 6.45) is 3.32. The first kappa shape index (κ1) is 16.0. The van der Waals surface area contributed by atoms with Crippen molar-refractivity contribution in [2.75, 3.05) is 0 Å². The average Bonchev–Trinajstić information content (AvgIpc) is 2.37. The smallest absolute Gasteiger partial charge is 0.335 e. The molecular formula is C16H22O4S. The molecule has 1 N–H and O–H groups in total. The first-order chi connectivity index (χ1) is 9.73. The molecule has 4 nitrogen and oxygen atoms in total. The van der Waals surface area contributed by atoms with Gasteiger partial charge >= 0.3 is 5.97 Å². The molecule has 0 aromatic heterocycles. The summed E-state index contributed by atoms with van der Waals surface area (Å²) in [5.41, 5.74) is 1.30. The highest BCUT2D eigenvalue weighted by molar-refractivity contribution is 7.92. The summed E-state index contributed by atoms with van der Waals surface area (Å²) in [7, 11) is -3.46. The molecule has 1 aromatic carbocycles. The van der Waals surface area contributed by atoms with Crippen LogP contribution in [0.25, 0.3) is 0 Å². The molecule has 2 unspecified atom stereocenters. The van der Waals surface area contributed by atoms with Crippen molar-refractivity contribution in [1.29, 1.82) is 0 Å². The maximum absolute atomic E-state index is 12.8. The van der Waals surface area contributed by atoms with Crippen molar-refractivity contribution in [3.63, 3.8) is 0 Å². The molecular weight excluding hydrogens is 288 g/mol. The summed E-state index contributed by atoms with van der Waals surface area (Å²) < 4.78 is 25.7. The lowest BCUT2D eigenvalue weighted by molar-refractivity contribution is 0.0696. The van der Waals surface area contributed by atoms with Crippen LogP contribution in [0.5, 0.6) is 0 Å². The third-order valence-corrected chi connectivity index (χ3v) is 6.74. The van der Waals surface area contributed by atoms with Crippen molar-refractivity contribution in [3.8, 4) is 0 Å². The third kappa shape index (κ3) is 3.12. The quantitative estimate of drug-likeness (QED) is 0.929. The van der Waals surface area contributed by atoms with Gasteiger partial charge in [-0.05, 0) is 49.8 Å². The van der Waals surface area contributed by atoms with Crippen molar-refractivity contribution in [2.45, 2.75) is 56.6 Å². The molecule has 0 heterocycles. The summed E-state index contributed by atoms with van der Waals surface area (Å²) in [5, 5.41) is 8.82. The number of hydrogen-bond donors (Lipinski definition) is 1. The van der Waals surface area contributed by atoms with E-state index in [0.29, 0.717) is 29.9 Å². The Bertz CT molecular complexity index is 661. The highest BCUT2D eigenvalue weighted by atomic mass is 32.2. The summed E-state index contributed by atoms with van der Waals surface area (Å²) in [6, 6.07) is 2.99. The molecule has 0 amide bonds. The second kappa shape index (κ2) is 5.79. The number of carbonyl (C=O) groups is 1. The Hall–Kier alpha value is -1.36. The Morgan fingerprint density at radius 1 is 1.19 bits per heavy atom. The number of carboxylic acid groups (broad SMARTS) is 1. The van der Waals surface area contributed by atoms with Crippen LogP contribution in [0.2, 0.25) is 0 Å². The Labute approximate surface area is 126 Å². The first-order valence-electron chi connectivity index (χ1n) is 7.32. The number of hydrogen-bond acceptors (Lipinski definition) is 3. The molecule has 0 spiro atoms. The van der Waals surface area contributed by atoms with Gasteiger partial charge < -0.3 is 5.11 Å². The van der Waals surface area contributed by atoms with Gasteiger partial charge in [0.1, 0.15) is 0 Å². The molecule has 116 valence electrons. The second-order valence-corrected chi connectivity index (χ2v) is 8.37. The molecule has 2 atom stereocenters. The van der Waals surface area contributed by atoms with Crippen LogP contribution < -0.4 is 0 Å². The average molecular weight is 310 g/mol. The van der Waals surface area contributed by atoms with E-state index in [0.717, 1.165) is 12.8 Å². The lowest BCUT2D eigenvalue weighted by atomic mass is 9.91. The Balaban J connectivity index is 2.49. The van der Waals surface area contributed by atoms with Crippen LogP contribution in [0.1, 0.15) is 54.1 Å². The fourth-order valence-electron chi connectivity index (χ4n) is 3.21. The fourth-order valence-corrected chi connectivity index (χ4v) is 5.42. The van der Waals surface area contributed by atoms with Gasteiger partial charge in [0.2, 0.25) is 0 Å². The molecule has 0 aliphatic heterocycles. The molecule has 1 fully saturated rings. The van der Waals surface area contributed by atoms with E-state index in [1.165, 1.54) is 6.07 Å². The minimum absolute atomic E-state index is 0.0723. The van der Waals surface area contributed by atoms with E-state index in [-0.39, 0.29) is 15.7 Å². The zero-order chi connectivity index (χ0) is 15.8. The Morgan fingerprint density at radius 2 is 1.86 bits per heavy atom. The topological polar surface area (TPSA) is 71.4 Å². The van der Waals surface area contributed by atoms with Crippen LogP contribution in [0, 0.1) is 19.8 Å². The normalized spacial score (nSPS) is 23.0. The van der Waals surface area contributed by atoms with E-state index < -0.39 is 15.8 Å². The monoisotopic (exact) mass is 310 g/mol. The van der Waals surface area contributed by atoms with Gasteiger partial charge in [0.15, 0.2) is 9.84 Å². The minimum atomic E-state index is -3.46. The van der Waals surface area contributed by atoms with Crippen LogP contribution in [0.4, 0.5) is 0 Å². The number of rotatable bonds is 3. The van der Waals surface area contributed by atoms with Crippen molar-refractivity contribution >= 4 is 15.8 Å². The van der Waals surface area contributed by atoms with Gasteiger partial charge in [-0.3, -0.25) is 0 Å². The predicted octanol–water partition coefficient (Wildman–Crippen LogP) is 3.35. The molecule has 0 radical (unpaired) electrons. The minimum Gasteiger partial charge on any atom is -0.478 e. The number of benzene rings is 1. The molecule has 0 saturated heterocycles. The molecule has 0 bridgehead atoms. The van der Waals surface area contributed by atoms with Gasteiger partial charge in [0.05, 0.1) is 15.7 Å². The van der Waals surface area contributed by atoms with Crippen molar-refractivity contribution in [1.82, 2.24) is 0 Å². The fraction of sp³-hybridized carbons (Fsp3) is 0.562. The maximum Gasteiger partial charge on any atom is 0.335 e. The summed E-state index contributed by atoms with van der Waals surface area (Å²) in [6.45, 7) is 5.50. The molecule has 5 heteroatoms. The van der Waals surface area contributed by atoms with E-state index in [4.69, 9.17) is 0 Å². The molecule has 21 heavy (non-hydrogen) atoms. The van der Waals surface area contributed by atoms with Gasteiger partial charge in [0, 0.05) is 0 Å². The maximum atomic E-state index is 12.8. The SMILES string of the molecule is Cc1cc(C)c(S(=O)(=O)C2CCCC(C)C2)cc1C(=O)O. The number of carboxylic acids is 1.